The first-order valence-corrected chi connectivity index (χ1v) is 8.22. The number of hydrogen-bond donors (Lipinski definition) is 1. The number of hydrogen-bond acceptors (Lipinski definition) is 7. The lowest BCUT2D eigenvalue weighted by Crippen LogP contribution is -2.31. The summed E-state index contributed by atoms with van der Waals surface area (Å²) in [7, 11) is 0. The predicted molar refractivity (Wildman–Crippen MR) is 98.3 cm³/mol. The normalized spacial score (nSPS) is 12.0. The third-order valence-electron chi connectivity index (χ3n) is 3.84. The summed E-state index contributed by atoms with van der Waals surface area (Å²) in [4.78, 5) is 10.3. The van der Waals surface area contributed by atoms with E-state index in [1.807, 2.05) is 55.1 Å². The van der Waals surface area contributed by atoms with Gasteiger partial charge in [0.05, 0.1) is 11.8 Å². The number of nitrogens with one attached hydrogen (secondary N) is 1. The average molecular weight is 346 g/mol. The van der Waals surface area contributed by atoms with Gasteiger partial charge in [0, 0.05) is 30.2 Å². The second-order valence-electron chi connectivity index (χ2n) is 5.53. The number of nitrogens with zero attached hydrogens (tertiary/aromatic N) is 7. The molecule has 1 unspecified atom stereocenters. The monoisotopic (exact) mass is 346 g/mol. The predicted octanol–water partition coefficient (Wildman–Crippen LogP) is 4.02. The number of aromatic amines is 1. The number of H-pyrrole nitrogens is 1. The molecule has 0 amide bonds. The molecule has 0 aliphatic rings. The summed E-state index contributed by atoms with van der Waals surface area (Å²) in [5, 5.41) is 24.2. The van der Waals surface area contributed by atoms with E-state index >= 15 is 0 Å². The first-order chi connectivity index (χ1) is 12.7. The molecule has 3 rings (SSSR count). The maximum Gasteiger partial charge on any atom is 0.287 e. The number of anilines is 1. The van der Waals surface area contributed by atoms with Gasteiger partial charge < -0.3 is 4.90 Å². The van der Waals surface area contributed by atoms with Gasteiger partial charge in [0.15, 0.2) is 5.82 Å². The minimum atomic E-state index is -0.188. The molecule has 0 aliphatic heterocycles. The van der Waals surface area contributed by atoms with E-state index in [4.69, 9.17) is 5.26 Å². The van der Waals surface area contributed by atoms with E-state index in [1.165, 1.54) is 0 Å². The molecule has 0 spiro atoms. The van der Waals surface area contributed by atoms with Crippen LogP contribution in [0.25, 0.3) is 11.4 Å². The third kappa shape index (κ3) is 3.89. The topological polar surface area (TPSA) is 106 Å². The van der Waals surface area contributed by atoms with Crippen molar-refractivity contribution in [1.82, 2.24) is 20.2 Å². The minimum Gasteiger partial charge on any atom is -0.356 e. The van der Waals surface area contributed by atoms with E-state index in [0.717, 1.165) is 17.8 Å². The minimum absolute atomic E-state index is 0.188. The van der Waals surface area contributed by atoms with Crippen LogP contribution in [-0.4, -0.2) is 32.8 Å². The molecule has 8 nitrogen and oxygen atoms in total. The second-order valence-corrected chi connectivity index (χ2v) is 5.53. The van der Waals surface area contributed by atoms with Gasteiger partial charge in [0.2, 0.25) is 0 Å². The fourth-order valence-corrected chi connectivity index (χ4v) is 2.49. The first-order valence-electron chi connectivity index (χ1n) is 8.22. The summed E-state index contributed by atoms with van der Waals surface area (Å²) < 4.78 is 0. The summed E-state index contributed by atoms with van der Waals surface area (Å²) in [6.45, 7) is 4.65. The van der Waals surface area contributed by atoms with Crippen LogP contribution in [0.15, 0.2) is 59.0 Å². The molecule has 0 saturated heterocycles. The Morgan fingerprint density at radius 1 is 1.23 bits per heavy atom. The zero-order valence-corrected chi connectivity index (χ0v) is 14.5. The molecule has 0 radical (unpaired) electrons. The van der Waals surface area contributed by atoms with Crippen molar-refractivity contribution in [3.63, 3.8) is 0 Å². The summed E-state index contributed by atoms with van der Waals surface area (Å²) in [6.07, 6.45) is 3.39. The molecular formula is C18H18N8. The Labute approximate surface area is 151 Å². The third-order valence-corrected chi connectivity index (χ3v) is 3.84. The van der Waals surface area contributed by atoms with Crippen molar-refractivity contribution in [2.45, 2.75) is 19.9 Å². The molecule has 1 N–H and O–H groups in total. The number of nitriles is 1. The highest BCUT2D eigenvalue weighted by Crippen LogP contribution is 2.23. The van der Waals surface area contributed by atoms with Crippen molar-refractivity contribution in [2.24, 2.45) is 10.2 Å². The number of benzene rings is 1. The lowest BCUT2D eigenvalue weighted by molar-refractivity contribution is 0.768. The number of azo groups is 1. The zero-order valence-electron chi connectivity index (χ0n) is 14.5. The maximum atomic E-state index is 9.10. The first kappa shape index (κ1) is 17.2. The van der Waals surface area contributed by atoms with Gasteiger partial charge in [0.1, 0.15) is 6.04 Å². The zero-order chi connectivity index (χ0) is 18.4. The van der Waals surface area contributed by atoms with Crippen molar-refractivity contribution < 1.29 is 0 Å². The van der Waals surface area contributed by atoms with Gasteiger partial charge in [-0.05, 0) is 50.2 Å². The smallest absolute Gasteiger partial charge is 0.287 e. The van der Waals surface area contributed by atoms with Gasteiger partial charge in [-0.3, -0.25) is 10.1 Å². The molecular weight excluding hydrogens is 328 g/mol. The van der Waals surface area contributed by atoms with Crippen LogP contribution in [0.5, 0.6) is 0 Å². The maximum absolute atomic E-state index is 9.10. The molecule has 0 bridgehead atoms. The van der Waals surface area contributed by atoms with Gasteiger partial charge in [-0.2, -0.15) is 10.2 Å². The van der Waals surface area contributed by atoms with Crippen molar-refractivity contribution >= 4 is 17.3 Å². The van der Waals surface area contributed by atoms with Crippen LogP contribution in [0, 0.1) is 11.3 Å². The van der Waals surface area contributed by atoms with Gasteiger partial charge in [-0.1, -0.05) is 0 Å². The van der Waals surface area contributed by atoms with Crippen LogP contribution < -0.4 is 4.90 Å². The quantitative estimate of drug-likeness (QED) is 0.678. The lowest BCUT2D eigenvalue weighted by atomic mass is 10.2. The van der Waals surface area contributed by atoms with Crippen LogP contribution in [-0.2, 0) is 0 Å². The largest absolute Gasteiger partial charge is 0.356 e. The molecule has 0 aliphatic carbocycles. The van der Waals surface area contributed by atoms with Gasteiger partial charge in [-0.15, -0.1) is 15.3 Å². The van der Waals surface area contributed by atoms with Gasteiger partial charge >= 0.3 is 0 Å². The van der Waals surface area contributed by atoms with Crippen LogP contribution in [0.1, 0.15) is 13.8 Å². The highest BCUT2D eigenvalue weighted by atomic mass is 15.3. The average Bonchev–Trinajstić information content (AvgIpc) is 3.17. The Morgan fingerprint density at radius 3 is 2.69 bits per heavy atom. The van der Waals surface area contributed by atoms with Crippen molar-refractivity contribution in [3.05, 3.63) is 48.8 Å². The Kier molecular flexibility index (Phi) is 5.29. The van der Waals surface area contributed by atoms with Crippen molar-refractivity contribution in [3.8, 4) is 17.5 Å². The summed E-state index contributed by atoms with van der Waals surface area (Å²) in [6, 6.07) is 13.3. The molecule has 2 heterocycles. The van der Waals surface area contributed by atoms with Gasteiger partial charge in [0.25, 0.3) is 5.95 Å². The number of aromatic nitrogens is 4. The number of pyridine rings is 1. The highest BCUT2D eigenvalue weighted by Gasteiger charge is 2.11. The van der Waals surface area contributed by atoms with E-state index in [2.05, 4.69) is 36.5 Å². The Balaban J connectivity index is 1.71. The Hall–Kier alpha value is -3.60. The Morgan fingerprint density at radius 2 is 2.04 bits per heavy atom. The Bertz CT molecular complexity index is 908. The van der Waals surface area contributed by atoms with Crippen LogP contribution in [0.2, 0.25) is 0 Å². The summed E-state index contributed by atoms with van der Waals surface area (Å²) in [5.41, 5.74) is 2.48. The molecule has 0 fully saturated rings. The fraction of sp³-hybridized carbons (Fsp3) is 0.222. The van der Waals surface area contributed by atoms with E-state index in [-0.39, 0.29) is 12.0 Å². The van der Waals surface area contributed by atoms with E-state index in [0.29, 0.717) is 11.5 Å². The molecule has 3 aromatic rings. The summed E-state index contributed by atoms with van der Waals surface area (Å²) >= 11 is 0. The molecule has 1 atom stereocenters. The molecule has 130 valence electrons. The SMILES string of the molecule is CCN(c1ccc(N=Nc2n[nH]c(-c3cccnc3)n2)cc1)C(C)C#N. The van der Waals surface area contributed by atoms with E-state index in [1.54, 1.807) is 12.4 Å². The van der Waals surface area contributed by atoms with Crippen molar-refractivity contribution in [1.29, 1.82) is 5.26 Å². The van der Waals surface area contributed by atoms with Crippen LogP contribution in [0.3, 0.4) is 0 Å². The molecule has 26 heavy (non-hydrogen) atoms. The highest BCUT2D eigenvalue weighted by molar-refractivity contribution is 5.55. The van der Waals surface area contributed by atoms with E-state index in [9.17, 15) is 0 Å². The van der Waals surface area contributed by atoms with E-state index < -0.39 is 0 Å². The van der Waals surface area contributed by atoms with Crippen LogP contribution in [0.4, 0.5) is 17.3 Å². The second kappa shape index (κ2) is 7.98. The fourth-order valence-electron chi connectivity index (χ4n) is 2.49. The number of rotatable bonds is 6. The lowest BCUT2D eigenvalue weighted by Gasteiger charge is -2.25. The summed E-state index contributed by atoms with van der Waals surface area (Å²) in [5.74, 6) is 0.840. The molecule has 8 heteroatoms. The molecule has 2 aromatic heterocycles. The molecule has 1 aromatic carbocycles. The van der Waals surface area contributed by atoms with Gasteiger partial charge in [-0.25, -0.2) is 0 Å². The van der Waals surface area contributed by atoms with Crippen molar-refractivity contribution in [2.75, 3.05) is 11.4 Å². The standard InChI is InChI=1S/C18H18N8/c1-3-26(13(2)11-19)16-8-6-15(7-9-16)22-24-18-21-17(23-25-18)14-5-4-10-20-12-14/h4-10,12-13H,3H2,1-2H3,(H,21,23,25). The molecule has 0 saturated carbocycles. The van der Waals surface area contributed by atoms with Crippen LogP contribution >= 0.6 is 0 Å².